The predicted molar refractivity (Wildman–Crippen MR) is 128 cm³/mol. The summed E-state index contributed by atoms with van der Waals surface area (Å²) >= 11 is 6.45. The lowest BCUT2D eigenvalue weighted by Gasteiger charge is -2.40. The highest BCUT2D eigenvalue weighted by Crippen LogP contribution is 2.53. The Bertz CT molecular complexity index is 1320. The van der Waals surface area contributed by atoms with E-state index in [1.165, 1.54) is 26.4 Å². The Morgan fingerprint density at radius 3 is 2.63 bits per heavy atom. The number of carbonyl (C=O) groups excluding carboxylic acids is 2. The molecular formula is C26H24ClNO7. The molecule has 35 heavy (non-hydrogen) atoms. The molecular weight excluding hydrogens is 474 g/mol. The number of carboxylic acids is 1. The molecule has 0 fully saturated rings. The number of methoxy groups -OCH3 is 2. The number of para-hydroxylation sites is 1. The van der Waals surface area contributed by atoms with Crippen molar-refractivity contribution in [2.24, 2.45) is 5.92 Å². The van der Waals surface area contributed by atoms with Crippen molar-refractivity contribution < 1.29 is 33.7 Å². The van der Waals surface area contributed by atoms with Crippen molar-refractivity contribution >= 4 is 34.8 Å². The third-order valence-corrected chi connectivity index (χ3v) is 7.44. The number of aromatic carboxylic acids is 1. The van der Waals surface area contributed by atoms with Crippen molar-refractivity contribution in [3.05, 3.63) is 57.8 Å². The second-order valence-electron chi connectivity index (χ2n) is 8.94. The van der Waals surface area contributed by atoms with Crippen LogP contribution in [0, 0.1) is 5.92 Å². The molecule has 2 aromatic carbocycles. The van der Waals surface area contributed by atoms with Gasteiger partial charge in [-0.15, -0.1) is 0 Å². The van der Waals surface area contributed by atoms with Crippen LogP contribution in [0.25, 0.3) is 0 Å². The van der Waals surface area contributed by atoms with E-state index in [9.17, 15) is 19.5 Å². The Balaban J connectivity index is 1.59. The molecule has 2 aliphatic heterocycles. The van der Waals surface area contributed by atoms with Gasteiger partial charge < -0.3 is 24.2 Å². The van der Waals surface area contributed by atoms with Crippen LogP contribution in [0.1, 0.15) is 46.0 Å². The number of carbonyl (C=O) groups is 3. The molecule has 5 rings (SSSR count). The molecule has 0 saturated heterocycles. The Morgan fingerprint density at radius 1 is 1.23 bits per heavy atom. The van der Waals surface area contributed by atoms with Crippen LogP contribution in [0.4, 0.5) is 5.69 Å². The van der Waals surface area contributed by atoms with E-state index in [1.54, 1.807) is 19.1 Å². The van der Waals surface area contributed by atoms with Gasteiger partial charge in [0.05, 0.1) is 25.5 Å². The van der Waals surface area contributed by atoms with Crippen molar-refractivity contribution in [3.8, 4) is 17.2 Å². The van der Waals surface area contributed by atoms with Gasteiger partial charge in [0, 0.05) is 30.3 Å². The third-order valence-electron chi connectivity index (χ3n) is 7.09. The van der Waals surface area contributed by atoms with E-state index in [1.807, 2.05) is 11.0 Å². The number of allylic oxidation sites excluding steroid dienone is 1. The van der Waals surface area contributed by atoms with Gasteiger partial charge >= 0.3 is 5.97 Å². The van der Waals surface area contributed by atoms with Crippen LogP contribution in [-0.2, 0) is 11.2 Å². The fraction of sp³-hybridized carbons (Fsp3) is 0.346. The van der Waals surface area contributed by atoms with Crippen LogP contribution in [-0.4, -0.2) is 49.0 Å². The number of ether oxygens (including phenoxy) is 3. The highest BCUT2D eigenvalue weighted by Gasteiger charge is 2.60. The molecule has 8 nitrogen and oxygen atoms in total. The maximum Gasteiger partial charge on any atom is 0.337 e. The maximum absolute atomic E-state index is 13.7. The smallest absolute Gasteiger partial charge is 0.337 e. The summed E-state index contributed by atoms with van der Waals surface area (Å²) in [7, 11) is 2.85. The number of anilines is 1. The Morgan fingerprint density at radius 2 is 1.97 bits per heavy atom. The minimum Gasteiger partial charge on any atom is -0.496 e. The second-order valence-corrected chi connectivity index (χ2v) is 9.32. The maximum atomic E-state index is 13.7. The summed E-state index contributed by atoms with van der Waals surface area (Å²) in [6.45, 7) is 2.35. The van der Waals surface area contributed by atoms with E-state index < -0.39 is 29.1 Å². The summed E-state index contributed by atoms with van der Waals surface area (Å²) in [6.07, 6.45) is 3.31. The fourth-order valence-electron chi connectivity index (χ4n) is 5.41. The topological polar surface area (TPSA) is 102 Å². The van der Waals surface area contributed by atoms with Gasteiger partial charge in [0.25, 0.3) is 0 Å². The molecule has 0 amide bonds. The third kappa shape index (κ3) is 3.23. The first-order valence-electron chi connectivity index (χ1n) is 11.3. The summed E-state index contributed by atoms with van der Waals surface area (Å²) in [5.74, 6) is -2.04. The summed E-state index contributed by atoms with van der Waals surface area (Å²) in [6, 6.07) is 6.71. The van der Waals surface area contributed by atoms with Gasteiger partial charge in [-0.1, -0.05) is 30.7 Å². The normalized spacial score (nSPS) is 22.9. The minimum absolute atomic E-state index is 0.0707. The number of rotatable bonds is 4. The van der Waals surface area contributed by atoms with Gasteiger partial charge in [0.2, 0.25) is 17.2 Å². The minimum atomic E-state index is -1.78. The Labute approximate surface area is 207 Å². The highest BCUT2D eigenvalue weighted by atomic mass is 35.5. The molecule has 2 atom stereocenters. The molecule has 2 heterocycles. The molecule has 182 valence electrons. The summed E-state index contributed by atoms with van der Waals surface area (Å²) < 4.78 is 16.8. The zero-order valence-corrected chi connectivity index (χ0v) is 20.3. The van der Waals surface area contributed by atoms with Gasteiger partial charge in [0.15, 0.2) is 5.75 Å². The standard InChI is InChI=1S/C26H24ClNO7/c1-13-10-15(28-9-5-7-14-6-4-8-16(22(14)28)25(31)32)11-19(29)26(13)24(30)20-17(33-2)12-18(34-3)21(27)23(20)35-26/h4,6,8,11-13H,5,7,9-10H2,1-3H3,(H,31,32). The lowest BCUT2D eigenvalue weighted by molar-refractivity contribution is -0.129. The highest BCUT2D eigenvalue weighted by molar-refractivity contribution is 6.36. The fourth-order valence-corrected chi connectivity index (χ4v) is 5.67. The van der Waals surface area contributed by atoms with Crippen molar-refractivity contribution in [1.82, 2.24) is 0 Å². The van der Waals surface area contributed by atoms with Gasteiger partial charge in [-0.25, -0.2) is 4.79 Å². The Kier molecular flexibility index (Phi) is 5.51. The first-order chi connectivity index (χ1) is 16.7. The number of hydrogen-bond acceptors (Lipinski definition) is 7. The van der Waals surface area contributed by atoms with Crippen molar-refractivity contribution in [1.29, 1.82) is 0 Å². The van der Waals surface area contributed by atoms with E-state index in [4.69, 9.17) is 25.8 Å². The van der Waals surface area contributed by atoms with E-state index >= 15 is 0 Å². The van der Waals surface area contributed by atoms with Crippen LogP contribution in [0.2, 0.25) is 5.02 Å². The second kappa shape index (κ2) is 8.30. The van der Waals surface area contributed by atoms with Crippen LogP contribution < -0.4 is 19.1 Å². The molecule has 0 radical (unpaired) electrons. The molecule has 3 aliphatic rings. The number of halogens is 1. The number of fused-ring (bicyclic) bond motifs is 2. The monoisotopic (exact) mass is 497 g/mol. The molecule has 1 spiro atoms. The van der Waals surface area contributed by atoms with E-state index in [2.05, 4.69) is 0 Å². The largest absolute Gasteiger partial charge is 0.496 e. The molecule has 9 heteroatoms. The summed E-state index contributed by atoms with van der Waals surface area (Å²) in [5.41, 5.74) is 0.705. The summed E-state index contributed by atoms with van der Waals surface area (Å²) in [5, 5.41) is 9.87. The van der Waals surface area contributed by atoms with Gasteiger partial charge in [-0.05, 0) is 30.9 Å². The molecule has 1 N–H and O–H groups in total. The zero-order valence-electron chi connectivity index (χ0n) is 19.5. The molecule has 2 unspecified atom stereocenters. The van der Waals surface area contributed by atoms with Crippen molar-refractivity contribution in [3.63, 3.8) is 0 Å². The van der Waals surface area contributed by atoms with Crippen molar-refractivity contribution in [2.75, 3.05) is 25.7 Å². The van der Waals surface area contributed by atoms with Gasteiger partial charge in [-0.2, -0.15) is 0 Å². The molecule has 1 aliphatic carbocycles. The van der Waals surface area contributed by atoms with Gasteiger partial charge in [-0.3, -0.25) is 9.59 Å². The molecule has 0 saturated carbocycles. The van der Waals surface area contributed by atoms with Crippen LogP contribution >= 0.6 is 11.6 Å². The number of nitrogens with zero attached hydrogens (tertiary/aromatic N) is 1. The quantitative estimate of drug-likeness (QED) is 0.623. The number of ketones is 2. The molecule has 2 aromatic rings. The van der Waals surface area contributed by atoms with E-state index in [0.29, 0.717) is 24.4 Å². The van der Waals surface area contributed by atoms with Gasteiger partial charge in [0.1, 0.15) is 22.1 Å². The first kappa shape index (κ1) is 23.2. The number of Topliss-reactive ketones (excluding diaryl/α,β-unsaturated/α-hetero) is 1. The molecule has 0 bridgehead atoms. The Hall–Kier alpha value is -3.52. The number of hydrogen-bond donors (Lipinski definition) is 1. The van der Waals surface area contributed by atoms with Crippen LogP contribution in [0.5, 0.6) is 17.2 Å². The zero-order chi connectivity index (χ0) is 25.1. The molecule has 0 aromatic heterocycles. The van der Waals surface area contributed by atoms with Crippen molar-refractivity contribution in [2.45, 2.75) is 31.8 Å². The van der Waals surface area contributed by atoms with Crippen LogP contribution in [0.3, 0.4) is 0 Å². The first-order valence-corrected chi connectivity index (χ1v) is 11.7. The lowest BCUT2D eigenvalue weighted by Crippen LogP contribution is -2.55. The summed E-state index contributed by atoms with van der Waals surface area (Å²) in [4.78, 5) is 41.2. The number of aryl methyl sites for hydroxylation is 1. The van der Waals surface area contributed by atoms with Crippen LogP contribution in [0.15, 0.2) is 36.0 Å². The SMILES string of the molecule is COc1cc(OC)c2c(c1Cl)OC1(C(=O)C=C(N3CCCc4cccc(C(=O)O)c43)CC1C)C2=O. The average molecular weight is 498 g/mol. The number of benzene rings is 2. The number of carboxylic acid groups (broad SMARTS) is 1. The van der Waals surface area contributed by atoms with E-state index in [0.717, 1.165) is 18.4 Å². The average Bonchev–Trinajstić information content (AvgIpc) is 3.16. The lowest BCUT2D eigenvalue weighted by atomic mass is 9.74. The predicted octanol–water partition coefficient (Wildman–Crippen LogP) is 4.31. The van der Waals surface area contributed by atoms with E-state index in [-0.39, 0.29) is 33.4 Å².